The van der Waals surface area contributed by atoms with Crippen LogP contribution in [0.2, 0.25) is 0 Å². The van der Waals surface area contributed by atoms with Gasteiger partial charge in [-0.2, -0.15) is 0 Å². The molecule has 35 heavy (non-hydrogen) atoms. The van der Waals surface area contributed by atoms with Crippen LogP contribution in [0.1, 0.15) is 60.0 Å². The number of aryl methyl sites for hydroxylation is 1. The fourth-order valence-corrected chi connectivity index (χ4v) is 4.90. The van der Waals surface area contributed by atoms with E-state index in [0.717, 1.165) is 54.4 Å². The number of hydrogen-bond donors (Lipinski definition) is 2. The third-order valence-corrected chi connectivity index (χ3v) is 6.88. The monoisotopic (exact) mass is 480 g/mol. The number of pyridine rings is 1. The molecular weight excluding hydrogens is 454 g/mol. The van der Waals surface area contributed by atoms with Crippen molar-refractivity contribution in [1.82, 2.24) is 4.57 Å². The molecule has 0 saturated heterocycles. The average molecular weight is 481 g/mol. The van der Waals surface area contributed by atoms with Crippen LogP contribution >= 0.6 is 0 Å². The summed E-state index contributed by atoms with van der Waals surface area (Å²) in [6, 6.07) is 12.1. The minimum Gasteiger partial charge on any atom is -0.481 e. The summed E-state index contributed by atoms with van der Waals surface area (Å²) >= 11 is 0. The molecule has 1 aromatic heterocycles. The number of benzene rings is 2. The number of anilines is 1. The average Bonchev–Trinajstić information content (AvgIpc) is 3.30. The maximum atomic E-state index is 14.1. The van der Waals surface area contributed by atoms with Crippen molar-refractivity contribution in [3.8, 4) is 5.69 Å². The molecule has 0 amide bonds. The van der Waals surface area contributed by atoms with Crippen molar-refractivity contribution in [2.75, 3.05) is 5.73 Å². The van der Waals surface area contributed by atoms with E-state index in [-0.39, 0.29) is 16.9 Å². The van der Waals surface area contributed by atoms with Gasteiger partial charge < -0.3 is 10.8 Å². The lowest BCUT2D eigenvalue weighted by atomic mass is 9.81. The zero-order valence-electron chi connectivity index (χ0n) is 19.1. The molecule has 1 saturated carbocycles. The molecule has 0 radical (unpaired) electrons. The van der Waals surface area contributed by atoms with E-state index in [1.54, 1.807) is 12.1 Å². The molecule has 1 heterocycles. The number of halogens is 2. The maximum absolute atomic E-state index is 14.1. The summed E-state index contributed by atoms with van der Waals surface area (Å²) in [7, 11) is 0. The fraction of sp³-hybridized carbons (Fsp3) is 0.296. The maximum Gasteiger partial charge on any atom is 0.309 e. The minimum atomic E-state index is -1.02. The van der Waals surface area contributed by atoms with Crippen LogP contribution in [-0.2, 0) is 11.2 Å². The Morgan fingerprint density at radius 1 is 0.971 bits per heavy atom. The van der Waals surface area contributed by atoms with E-state index in [0.29, 0.717) is 24.6 Å². The second-order valence-electron chi connectivity index (χ2n) is 9.07. The van der Waals surface area contributed by atoms with Crippen LogP contribution < -0.4 is 11.3 Å². The van der Waals surface area contributed by atoms with Gasteiger partial charge in [0, 0.05) is 12.1 Å². The summed E-state index contributed by atoms with van der Waals surface area (Å²) in [5.74, 6) is -3.44. The first-order chi connectivity index (χ1) is 16.7. The zero-order valence-corrected chi connectivity index (χ0v) is 19.1. The van der Waals surface area contributed by atoms with Gasteiger partial charge in [0.15, 0.2) is 5.78 Å². The van der Waals surface area contributed by atoms with Crippen molar-refractivity contribution in [2.45, 2.75) is 44.9 Å². The molecule has 1 aliphatic rings. The number of carboxylic acid groups (broad SMARTS) is 1. The Hall–Kier alpha value is -3.81. The summed E-state index contributed by atoms with van der Waals surface area (Å²) in [4.78, 5) is 37.1. The molecule has 3 aromatic rings. The molecule has 1 aliphatic carbocycles. The first-order valence-electron chi connectivity index (χ1n) is 11.6. The van der Waals surface area contributed by atoms with Crippen LogP contribution in [0.25, 0.3) is 5.69 Å². The molecule has 0 unspecified atom stereocenters. The normalized spacial score (nSPS) is 14.7. The lowest BCUT2D eigenvalue weighted by Gasteiger charge is -2.23. The molecule has 6 nitrogen and oxygen atoms in total. The summed E-state index contributed by atoms with van der Waals surface area (Å²) in [6.07, 6.45) is 5.41. The van der Waals surface area contributed by atoms with E-state index < -0.39 is 34.4 Å². The van der Waals surface area contributed by atoms with Gasteiger partial charge in [0.2, 0.25) is 0 Å². The number of nitrogens with two attached hydrogens (primary N) is 1. The van der Waals surface area contributed by atoms with E-state index in [1.165, 1.54) is 12.1 Å². The summed E-state index contributed by atoms with van der Waals surface area (Å²) in [5, 5.41) is 9.63. The number of carboxylic acids is 1. The van der Waals surface area contributed by atoms with Crippen molar-refractivity contribution in [3.05, 3.63) is 93.3 Å². The molecule has 0 bridgehead atoms. The molecule has 2 aromatic carbocycles. The SMILES string of the molecule is Nc1c(C(=O)c2ccc(F)cc2F)ccc(=O)n1-c1ccc(CCCC2(C(=O)O)CCCC2)cc1. The Balaban J connectivity index is 1.54. The number of aliphatic carboxylic acids is 1. The van der Waals surface area contributed by atoms with Gasteiger partial charge >= 0.3 is 5.97 Å². The topological polar surface area (TPSA) is 102 Å². The number of rotatable bonds is 8. The summed E-state index contributed by atoms with van der Waals surface area (Å²) in [5.41, 5.74) is 6.08. The van der Waals surface area contributed by atoms with Crippen LogP contribution in [-0.4, -0.2) is 21.4 Å². The molecule has 8 heteroatoms. The van der Waals surface area contributed by atoms with E-state index in [1.807, 2.05) is 12.1 Å². The number of nitrogens with zero attached hydrogens (tertiary/aromatic N) is 1. The Labute approximate surface area is 201 Å². The molecule has 1 fully saturated rings. The van der Waals surface area contributed by atoms with Crippen molar-refractivity contribution >= 4 is 17.6 Å². The summed E-state index contributed by atoms with van der Waals surface area (Å²) < 4.78 is 28.5. The highest BCUT2D eigenvalue weighted by molar-refractivity contribution is 6.11. The number of carbonyl (C=O) groups excluding carboxylic acids is 1. The molecule has 0 atom stereocenters. The standard InChI is InChI=1S/C27H26F2N2O4/c28-18-7-10-20(22(29)16-18)24(33)21-11-12-23(32)31(25(21)30)19-8-5-17(6-9-19)4-3-15-27(26(34)35)13-1-2-14-27/h5-12,16H,1-4,13-15,30H2,(H,34,35). The summed E-state index contributed by atoms with van der Waals surface area (Å²) in [6.45, 7) is 0. The third kappa shape index (κ3) is 4.87. The van der Waals surface area contributed by atoms with E-state index >= 15 is 0 Å². The Bertz CT molecular complexity index is 1330. The van der Waals surface area contributed by atoms with Crippen molar-refractivity contribution < 1.29 is 23.5 Å². The van der Waals surface area contributed by atoms with Gasteiger partial charge in [0.25, 0.3) is 5.56 Å². The molecular formula is C27H26F2N2O4. The number of carbonyl (C=O) groups is 2. The molecule has 0 aliphatic heterocycles. The number of nitrogen functional groups attached to an aromatic ring is 1. The number of aromatic nitrogens is 1. The highest BCUT2D eigenvalue weighted by atomic mass is 19.1. The van der Waals surface area contributed by atoms with Crippen LogP contribution in [0, 0.1) is 17.0 Å². The van der Waals surface area contributed by atoms with Crippen LogP contribution in [0.4, 0.5) is 14.6 Å². The number of ketones is 1. The Kier molecular flexibility index (Phi) is 6.82. The van der Waals surface area contributed by atoms with Crippen molar-refractivity contribution in [1.29, 1.82) is 0 Å². The smallest absolute Gasteiger partial charge is 0.309 e. The van der Waals surface area contributed by atoms with Gasteiger partial charge in [-0.05, 0) is 68.0 Å². The third-order valence-electron chi connectivity index (χ3n) is 6.88. The van der Waals surface area contributed by atoms with E-state index in [9.17, 15) is 28.3 Å². The molecule has 182 valence electrons. The van der Waals surface area contributed by atoms with Gasteiger partial charge in [-0.15, -0.1) is 0 Å². The minimum absolute atomic E-state index is 0.0743. The van der Waals surface area contributed by atoms with Gasteiger partial charge in [-0.25, -0.2) is 8.78 Å². The van der Waals surface area contributed by atoms with E-state index in [4.69, 9.17) is 5.73 Å². The van der Waals surface area contributed by atoms with Crippen LogP contribution in [0.3, 0.4) is 0 Å². The van der Waals surface area contributed by atoms with Gasteiger partial charge in [0.05, 0.1) is 22.2 Å². The lowest BCUT2D eigenvalue weighted by molar-refractivity contribution is -0.149. The first-order valence-corrected chi connectivity index (χ1v) is 11.6. The van der Waals surface area contributed by atoms with Crippen LogP contribution in [0.5, 0.6) is 0 Å². The number of hydrogen-bond acceptors (Lipinski definition) is 4. The molecule has 3 N–H and O–H groups in total. The second-order valence-corrected chi connectivity index (χ2v) is 9.07. The zero-order chi connectivity index (χ0) is 25.2. The van der Waals surface area contributed by atoms with Gasteiger partial charge in [-0.3, -0.25) is 19.0 Å². The Morgan fingerprint density at radius 3 is 2.26 bits per heavy atom. The predicted octanol–water partition coefficient (Wildman–Crippen LogP) is 4.90. The predicted molar refractivity (Wildman–Crippen MR) is 128 cm³/mol. The second kappa shape index (κ2) is 9.82. The Morgan fingerprint density at radius 2 is 1.63 bits per heavy atom. The van der Waals surface area contributed by atoms with E-state index in [2.05, 4.69) is 0 Å². The quantitative estimate of drug-likeness (QED) is 0.447. The van der Waals surface area contributed by atoms with Crippen molar-refractivity contribution in [2.24, 2.45) is 5.41 Å². The fourth-order valence-electron chi connectivity index (χ4n) is 4.90. The molecule has 0 spiro atoms. The van der Waals surface area contributed by atoms with Gasteiger partial charge in [0.1, 0.15) is 17.5 Å². The van der Waals surface area contributed by atoms with Gasteiger partial charge in [-0.1, -0.05) is 25.0 Å². The van der Waals surface area contributed by atoms with Crippen molar-refractivity contribution in [3.63, 3.8) is 0 Å². The highest BCUT2D eigenvalue weighted by Gasteiger charge is 2.40. The van der Waals surface area contributed by atoms with Crippen LogP contribution in [0.15, 0.2) is 59.4 Å². The lowest BCUT2D eigenvalue weighted by Crippen LogP contribution is -2.27. The highest BCUT2D eigenvalue weighted by Crippen LogP contribution is 2.42. The first kappa shape index (κ1) is 24.3. The molecule has 4 rings (SSSR count). The largest absolute Gasteiger partial charge is 0.481 e.